The van der Waals surface area contributed by atoms with Gasteiger partial charge in [0, 0.05) is 0 Å². The van der Waals surface area contributed by atoms with Gasteiger partial charge < -0.3 is 11.5 Å². The van der Waals surface area contributed by atoms with Crippen LogP contribution in [0.25, 0.3) is 0 Å². The maximum atomic E-state index is 12.6. The Morgan fingerprint density at radius 2 is 1.71 bits per heavy atom. The summed E-state index contributed by atoms with van der Waals surface area (Å²) in [5, 5.41) is 0. The van der Waals surface area contributed by atoms with Crippen molar-refractivity contribution in [3.8, 4) is 11.8 Å². The van der Waals surface area contributed by atoms with E-state index in [2.05, 4.69) is 26.8 Å². The minimum absolute atomic E-state index is 0.201. The van der Waals surface area contributed by atoms with Crippen LogP contribution in [0.4, 0.5) is 16.0 Å². The van der Waals surface area contributed by atoms with Crippen molar-refractivity contribution in [2.45, 2.75) is 0 Å². The van der Waals surface area contributed by atoms with Crippen molar-refractivity contribution in [2.75, 3.05) is 11.5 Å². The molecule has 0 atom stereocenters. The Morgan fingerprint density at radius 1 is 1.00 bits per heavy atom. The van der Waals surface area contributed by atoms with Crippen LogP contribution in [-0.2, 0) is 0 Å². The highest BCUT2D eigenvalue weighted by atomic mass is 19.1. The van der Waals surface area contributed by atoms with E-state index in [4.69, 9.17) is 11.5 Å². The van der Waals surface area contributed by atoms with Gasteiger partial charge in [-0.25, -0.2) is 19.3 Å². The van der Waals surface area contributed by atoms with Crippen molar-refractivity contribution in [3.63, 3.8) is 0 Å². The SMILES string of the molecule is Nc1ncnc(N)c1C#Cc1ccc(F)cn1. The van der Waals surface area contributed by atoms with E-state index in [-0.39, 0.29) is 11.6 Å². The minimum Gasteiger partial charge on any atom is -0.382 e. The van der Waals surface area contributed by atoms with Gasteiger partial charge in [-0.1, -0.05) is 5.92 Å². The summed E-state index contributed by atoms with van der Waals surface area (Å²) in [5.41, 5.74) is 11.9. The molecule has 0 fully saturated rings. The predicted octanol–water partition coefficient (Wildman–Crippen LogP) is 0.575. The lowest BCUT2D eigenvalue weighted by atomic mass is 10.2. The number of nitrogens with two attached hydrogens (primary N) is 2. The highest BCUT2D eigenvalue weighted by Gasteiger charge is 2.02. The van der Waals surface area contributed by atoms with Crippen molar-refractivity contribution in [3.05, 3.63) is 41.7 Å². The number of nitrogen functional groups attached to an aromatic ring is 2. The van der Waals surface area contributed by atoms with Crippen LogP contribution in [0.5, 0.6) is 0 Å². The molecule has 2 aromatic heterocycles. The molecule has 4 N–H and O–H groups in total. The van der Waals surface area contributed by atoms with Gasteiger partial charge in [-0.3, -0.25) is 0 Å². The van der Waals surface area contributed by atoms with Crippen LogP contribution in [0.3, 0.4) is 0 Å². The van der Waals surface area contributed by atoms with Gasteiger partial charge in [0.15, 0.2) is 0 Å². The van der Waals surface area contributed by atoms with Gasteiger partial charge in [0.05, 0.1) is 6.20 Å². The summed E-state index contributed by atoms with van der Waals surface area (Å²) in [6.07, 6.45) is 2.34. The first-order valence-electron chi connectivity index (χ1n) is 4.66. The molecule has 0 aliphatic heterocycles. The molecular weight excluding hydrogens is 221 g/mol. The van der Waals surface area contributed by atoms with Gasteiger partial charge in [0.2, 0.25) is 0 Å². The number of aromatic nitrogens is 3. The zero-order chi connectivity index (χ0) is 12.3. The molecule has 0 aromatic carbocycles. The van der Waals surface area contributed by atoms with Crippen molar-refractivity contribution in [1.82, 2.24) is 15.0 Å². The summed E-state index contributed by atoms with van der Waals surface area (Å²) >= 11 is 0. The second-order valence-corrected chi connectivity index (χ2v) is 3.13. The van der Waals surface area contributed by atoms with E-state index in [9.17, 15) is 4.39 Å². The lowest BCUT2D eigenvalue weighted by Gasteiger charge is -1.98. The Morgan fingerprint density at radius 3 is 2.29 bits per heavy atom. The molecule has 0 spiro atoms. The molecule has 0 saturated heterocycles. The smallest absolute Gasteiger partial charge is 0.144 e. The zero-order valence-electron chi connectivity index (χ0n) is 8.68. The second kappa shape index (κ2) is 4.45. The lowest BCUT2D eigenvalue weighted by molar-refractivity contribution is 0.621. The molecule has 2 heterocycles. The van der Waals surface area contributed by atoms with Crippen LogP contribution in [0.15, 0.2) is 24.7 Å². The van der Waals surface area contributed by atoms with E-state index in [0.29, 0.717) is 11.3 Å². The molecule has 0 amide bonds. The van der Waals surface area contributed by atoms with Gasteiger partial charge in [-0.2, -0.15) is 0 Å². The molecule has 5 nitrogen and oxygen atoms in total. The first-order valence-corrected chi connectivity index (χ1v) is 4.66. The van der Waals surface area contributed by atoms with E-state index in [1.165, 1.54) is 18.5 Å². The molecule has 2 rings (SSSR count). The Kier molecular flexibility index (Phi) is 2.83. The summed E-state index contributed by atoms with van der Waals surface area (Å²) in [4.78, 5) is 11.3. The zero-order valence-corrected chi connectivity index (χ0v) is 8.68. The number of rotatable bonds is 0. The third kappa shape index (κ3) is 2.46. The van der Waals surface area contributed by atoms with Gasteiger partial charge in [-0.05, 0) is 18.1 Å². The molecule has 2 aromatic rings. The van der Waals surface area contributed by atoms with Crippen LogP contribution in [0, 0.1) is 17.7 Å². The fourth-order valence-electron chi connectivity index (χ4n) is 1.12. The van der Waals surface area contributed by atoms with E-state index in [1.54, 1.807) is 0 Å². The van der Waals surface area contributed by atoms with Gasteiger partial charge in [-0.15, -0.1) is 0 Å². The molecule has 6 heteroatoms. The summed E-state index contributed by atoms with van der Waals surface area (Å²) in [6, 6.07) is 2.73. The number of halogens is 1. The average molecular weight is 229 g/mol. The number of pyridine rings is 1. The number of hydrogen-bond acceptors (Lipinski definition) is 5. The normalized spacial score (nSPS) is 9.47. The van der Waals surface area contributed by atoms with Crippen LogP contribution in [0.2, 0.25) is 0 Å². The van der Waals surface area contributed by atoms with Crippen LogP contribution in [-0.4, -0.2) is 15.0 Å². The van der Waals surface area contributed by atoms with E-state index in [1.807, 2.05) is 0 Å². The van der Waals surface area contributed by atoms with Gasteiger partial charge >= 0.3 is 0 Å². The molecule has 0 bridgehead atoms. The van der Waals surface area contributed by atoms with Crippen molar-refractivity contribution in [1.29, 1.82) is 0 Å². The highest BCUT2D eigenvalue weighted by Crippen LogP contribution is 2.11. The third-order valence-electron chi connectivity index (χ3n) is 1.95. The van der Waals surface area contributed by atoms with Gasteiger partial charge in [0.1, 0.15) is 35.0 Å². The molecule has 17 heavy (non-hydrogen) atoms. The maximum absolute atomic E-state index is 12.6. The minimum atomic E-state index is -0.419. The monoisotopic (exact) mass is 229 g/mol. The van der Waals surface area contributed by atoms with E-state index >= 15 is 0 Å². The molecule has 84 valence electrons. The largest absolute Gasteiger partial charge is 0.382 e. The quantitative estimate of drug-likeness (QED) is 0.644. The first kappa shape index (κ1) is 10.8. The molecular formula is C11H8FN5. The number of anilines is 2. The lowest BCUT2D eigenvalue weighted by Crippen LogP contribution is -2.01. The van der Waals surface area contributed by atoms with Crippen molar-refractivity contribution in [2.24, 2.45) is 0 Å². The summed E-state index contributed by atoms with van der Waals surface area (Å²) in [5.74, 6) is 5.39. The Hall–Kier alpha value is -2.68. The fourth-order valence-corrected chi connectivity index (χ4v) is 1.12. The maximum Gasteiger partial charge on any atom is 0.144 e. The first-order chi connectivity index (χ1) is 8.16. The van der Waals surface area contributed by atoms with Gasteiger partial charge in [0.25, 0.3) is 0 Å². The Balaban J connectivity index is 2.36. The third-order valence-corrected chi connectivity index (χ3v) is 1.95. The van der Waals surface area contributed by atoms with Crippen LogP contribution >= 0.6 is 0 Å². The topological polar surface area (TPSA) is 90.7 Å². The molecule has 0 saturated carbocycles. The molecule has 0 aliphatic carbocycles. The predicted molar refractivity (Wildman–Crippen MR) is 61.0 cm³/mol. The van der Waals surface area contributed by atoms with Crippen LogP contribution < -0.4 is 11.5 Å². The fraction of sp³-hybridized carbons (Fsp3) is 0. The standard InChI is InChI=1S/C11H8FN5/c12-7-1-2-8(15-5-7)3-4-9-10(13)16-6-17-11(9)14/h1-2,5-6H,(H4,13,14,16,17). The van der Waals surface area contributed by atoms with E-state index in [0.717, 1.165) is 6.20 Å². The van der Waals surface area contributed by atoms with Crippen molar-refractivity contribution >= 4 is 11.6 Å². The highest BCUT2D eigenvalue weighted by molar-refractivity contribution is 5.62. The molecule has 0 unspecified atom stereocenters. The summed E-state index contributed by atoms with van der Waals surface area (Å²) < 4.78 is 12.6. The van der Waals surface area contributed by atoms with Crippen LogP contribution in [0.1, 0.15) is 11.3 Å². The molecule has 0 radical (unpaired) electrons. The summed E-state index contributed by atoms with van der Waals surface area (Å²) in [7, 11) is 0. The Labute approximate surface area is 96.7 Å². The average Bonchev–Trinajstić information content (AvgIpc) is 2.31. The van der Waals surface area contributed by atoms with Crippen molar-refractivity contribution < 1.29 is 4.39 Å². The van der Waals surface area contributed by atoms with E-state index < -0.39 is 5.82 Å². The Bertz CT molecular complexity index is 577. The number of hydrogen-bond donors (Lipinski definition) is 2. The molecule has 0 aliphatic rings. The number of nitrogens with zero attached hydrogens (tertiary/aromatic N) is 3. The summed E-state index contributed by atoms with van der Waals surface area (Å²) in [6.45, 7) is 0. The second-order valence-electron chi connectivity index (χ2n) is 3.13.